The van der Waals surface area contributed by atoms with Crippen LogP contribution < -0.4 is 0 Å². The number of nitrogens with one attached hydrogen (secondary N) is 1. The highest BCUT2D eigenvalue weighted by Gasteiger charge is 2.31. The zero-order valence-electron chi connectivity index (χ0n) is 16.4. The van der Waals surface area contributed by atoms with Crippen molar-refractivity contribution in [2.45, 2.75) is 30.7 Å². The number of nitrogens with zero attached hydrogens (tertiary/aromatic N) is 2. The van der Waals surface area contributed by atoms with Crippen molar-refractivity contribution >= 4 is 22.9 Å². The third-order valence-corrected chi connectivity index (χ3v) is 7.61. The summed E-state index contributed by atoms with van der Waals surface area (Å²) in [6.45, 7) is 5.92. The van der Waals surface area contributed by atoms with Crippen LogP contribution in [0.5, 0.6) is 0 Å². The van der Waals surface area contributed by atoms with E-state index in [0.29, 0.717) is 6.04 Å². The maximum Gasteiger partial charge on any atom is 0.125 e. The fourth-order valence-corrected chi connectivity index (χ4v) is 5.79. The molecule has 1 unspecified atom stereocenters. The Hall–Kier alpha value is -1.82. The number of likely N-dealkylation sites (tertiary alicyclic amines) is 1. The maximum atomic E-state index is 13.5. The molecule has 2 aliphatic rings. The van der Waals surface area contributed by atoms with Gasteiger partial charge in [-0.1, -0.05) is 6.07 Å². The molecule has 146 valence electrons. The Morgan fingerprint density at radius 2 is 1.96 bits per heavy atom. The summed E-state index contributed by atoms with van der Waals surface area (Å²) in [5.41, 5.74) is 4.60. The molecule has 1 aromatic heterocycles. The quantitative estimate of drug-likeness (QED) is 0.575. The molecule has 2 aliphatic heterocycles. The summed E-state index contributed by atoms with van der Waals surface area (Å²) in [5.74, 6) is 0.591. The summed E-state index contributed by atoms with van der Waals surface area (Å²) in [4.78, 5) is 7.02. The summed E-state index contributed by atoms with van der Waals surface area (Å²) in [5, 5.41) is 1.07. The van der Waals surface area contributed by atoms with Gasteiger partial charge in [0.1, 0.15) is 5.82 Å². The van der Waals surface area contributed by atoms with Gasteiger partial charge >= 0.3 is 0 Å². The largest absolute Gasteiger partial charge is 0.360 e. The molecule has 0 radical (unpaired) electrons. The van der Waals surface area contributed by atoms with Crippen LogP contribution in [0.25, 0.3) is 22.0 Å². The molecule has 28 heavy (non-hydrogen) atoms. The van der Waals surface area contributed by atoms with Gasteiger partial charge < -0.3 is 9.88 Å². The van der Waals surface area contributed by atoms with E-state index in [1.165, 1.54) is 48.0 Å². The minimum absolute atomic E-state index is 0.204. The van der Waals surface area contributed by atoms with E-state index < -0.39 is 0 Å². The number of piperidine rings is 1. The highest BCUT2D eigenvalue weighted by Crippen LogP contribution is 2.46. The lowest BCUT2D eigenvalue weighted by Gasteiger charge is -2.32. The normalized spacial score (nSPS) is 21.5. The van der Waals surface area contributed by atoms with E-state index in [2.05, 4.69) is 46.4 Å². The predicted octanol–water partition coefficient (Wildman–Crippen LogP) is 5.70. The summed E-state index contributed by atoms with van der Waals surface area (Å²) in [7, 11) is 2.22. The Bertz CT molecular complexity index is 1010. The van der Waals surface area contributed by atoms with Crippen molar-refractivity contribution in [1.29, 1.82) is 0 Å². The van der Waals surface area contributed by atoms with Gasteiger partial charge in [0.2, 0.25) is 0 Å². The van der Waals surface area contributed by atoms with E-state index in [-0.39, 0.29) is 5.82 Å². The average Bonchev–Trinajstić information content (AvgIpc) is 3.24. The zero-order chi connectivity index (χ0) is 19.3. The molecule has 1 fully saturated rings. The monoisotopic (exact) mass is 395 g/mol. The zero-order valence-corrected chi connectivity index (χ0v) is 17.2. The van der Waals surface area contributed by atoms with Crippen molar-refractivity contribution in [1.82, 2.24) is 14.2 Å². The van der Waals surface area contributed by atoms with Crippen LogP contribution in [-0.2, 0) is 0 Å². The van der Waals surface area contributed by atoms with E-state index in [4.69, 9.17) is 0 Å². The summed E-state index contributed by atoms with van der Waals surface area (Å²) in [6, 6.07) is 12.2. The van der Waals surface area contributed by atoms with E-state index in [1.807, 2.05) is 24.2 Å². The number of H-pyrrole nitrogens is 1. The highest BCUT2D eigenvalue weighted by atomic mass is 32.2. The first kappa shape index (κ1) is 18.2. The number of aromatic nitrogens is 1. The predicted molar refractivity (Wildman–Crippen MR) is 115 cm³/mol. The maximum absolute atomic E-state index is 13.5. The van der Waals surface area contributed by atoms with E-state index in [9.17, 15) is 4.39 Å². The molecule has 0 saturated carbocycles. The number of rotatable bonds is 3. The minimum atomic E-state index is -0.204. The number of benzene rings is 2. The Morgan fingerprint density at radius 1 is 1.14 bits per heavy atom. The molecule has 5 rings (SSSR count). The molecule has 0 bridgehead atoms. The molecule has 0 spiro atoms. The first-order chi connectivity index (χ1) is 13.6. The van der Waals surface area contributed by atoms with Crippen LogP contribution >= 0.6 is 11.9 Å². The van der Waals surface area contributed by atoms with E-state index in [1.54, 1.807) is 6.07 Å². The fraction of sp³-hybridized carbons (Fsp3) is 0.391. The van der Waals surface area contributed by atoms with Crippen LogP contribution in [0, 0.1) is 11.7 Å². The molecule has 0 aliphatic carbocycles. The molecule has 3 heterocycles. The van der Waals surface area contributed by atoms with Crippen LogP contribution in [0.2, 0.25) is 0 Å². The van der Waals surface area contributed by atoms with Crippen LogP contribution in [-0.4, -0.2) is 40.9 Å². The van der Waals surface area contributed by atoms with Gasteiger partial charge in [-0.05, 0) is 99.2 Å². The first-order valence-corrected chi connectivity index (χ1v) is 10.9. The van der Waals surface area contributed by atoms with Crippen molar-refractivity contribution < 1.29 is 4.39 Å². The number of hydrogen-bond acceptors (Lipinski definition) is 3. The fourth-order valence-electron chi connectivity index (χ4n) is 4.52. The molecule has 1 atom stereocenters. The van der Waals surface area contributed by atoms with Crippen molar-refractivity contribution in [2.24, 2.45) is 5.92 Å². The molecule has 0 amide bonds. The molecule has 3 nitrogen and oxygen atoms in total. The van der Waals surface area contributed by atoms with Gasteiger partial charge in [0.25, 0.3) is 0 Å². The Kier molecular flexibility index (Phi) is 4.69. The lowest BCUT2D eigenvalue weighted by atomic mass is 9.96. The molecule has 5 heteroatoms. The number of aromatic amines is 1. The first-order valence-electron chi connectivity index (χ1n) is 10.1. The SMILES string of the molecule is CC1c2cc(-c3c[nH]c4cc(F)ccc34)ccc2SN1CC1CCN(C)CC1. The van der Waals surface area contributed by atoms with Crippen molar-refractivity contribution in [3.8, 4) is 11.1 Å². The summed E-state index contributed by atoms with van der Waals surface area (Å²) < 4.78 is 16.1. The molecule has 2 aromatic carbocycles. The summed E-state index contributed by atoms with van der Waals surface area (Å²) in [6.07, 6.45) is 4.59. The van der Waals surface area contributed by atoms with Crippen LogP contribution in [0.4, 0.5) is 4.39 Å². The number of fused-ring (bicyclic) bond motifs is 2. The Morgan fingerprint density at radius 3 is 2.79 bits per heavy atom. The highest BCUT2D eigenvalue weighted by molar-refractivity contribution is 7.97. The van der Waals surface area contributed by atoms with Gasteiger partial charge in [-0.25, -0.2) is 8.70 Å². The van der Waals surface area contributed by atoms with Crippen LogP contribution in [0.15, 0.2) is 47.5 Å². The lowest BCUT2D eigenvalue weighted by molar-refractivity contribution is 0.191. The minimum Gasteiger partial charge on any atom is -0.360 e. The lowest BCUT2D eigenvalue weighted by Crippen LogP contribution is -2.34. The molecular formula is C23H26FN3S. The topological polar surface area (TPSA) is 22.3 Å². The molecule has 1 N–H and O–H groups in total. The second-order valence-corrected chi connectivity index (χ2v) is 9.35. The van der Waals surface area contributed by atoms with Gasteiger partial charge in [-0.3, -0.25) is 0 Å². The van der Waals surface area contributed by atoms with Crippen LogP contribution in [0.1, 0.15) is 31.4 Å². The van der Waals surface area contributed by atoms with Gasteiger partial charge in [0.05, 0.1) is 0 Å². The van der Waals surface area contributed by atoms with Crippen LogP contribution in [0.3, 0.4) is 0 Å². The standard InChI is InChI=1S/C23H26FN3S/c1-15-20-11-17(21-13-25-22-12-18(24)4-5-19(21)22)3-6-23(20)28-27(15)14-16-7-9-26(2)10-8-16/h3-6,11-13,15-16,25H,7-10,14H2,1-2H3. The molecule has 1 saturated heterocycles. The van der Waals surface area contributed by atoms with Crippen molar-refractivity contribution in [3.63, 3.8) is 0 Å². The number of hydrogen-bond donors (Lipinski definition) is 1. The Balaban J connectivity index is 1.39. The van der Waals surface area contributed by atoms with Gasteiger partial charge in [-0.2, -0.15) is 0 Å². The summed E-state index contributed by atoms with van der Waals surface area (Å²) >= 11 is 1.91. The second-order valence-electron chi connectivity index (χ2n) is 8.26. The molecular weight excluding hydrogens is 369 g/mol. The second kappa shape index (κ2) is 7.21. The number of halogens is 1. The van der Waals surface area contributed by atoms with Crippen molar-refractivity contribution in [3.05, 3.63) is 54.0 Å². The van der Waals surface area contributed by atoms with E-state index in [0.717, 1.165) is 28.9 Å². The van der Waals surface area contributed by atoms with Gasteiger partial charge in [0, 0.05) is 40.1 Å². The van der Waals surface area contributed by atoms with E-state index >= 15 is 0 Å². The molecule has 3 aromatic rings. The smallest absolute Gasteiger partial charge is 0.125 e. The third-order valence-electron chi connectivity index (χ3n) is 6.34. The van der Waals surface area contributed by atoms with Crippen molar-refractivity contribution in [2.75, 3.05) is 26.7 Å². The Labute approximate surface area is 170 Å². The van der Waals surface area contributed by atoms with Gasteiger partial charge in [-0.15, -0.1) is 0 Å². The van der Waals surface area contributed by atoms with Gasteiger partial charge in [0.15, 0.2) is 0 Å². The average molecular weight is 396 g/mol. The third kappa shape index (κ3) is 3.25.